The van der Waals surface area contributed by atoms with E-state index in [4.69, 9.17) is 15.7 Å². The molecule has 0 fully saturated rings. The number of aryl methyl sites for hydroxylation is 1. The SMILES string of the molecule is CN(Cc1nc2ccccn2c1CNCCCN)C1CCCc2cccnc21. The van der Waals surface area contributed by atoms with Gasteiger partial charge in [0.2, 0.25) is 0 Å². The molecule has 1 aliphatic carbocycles. The Bertz CT molecular complexity index is 918. The first-order valence-electron chi connectivity index (χ1n) is 10.3. The molecule has 4 rings (SSSR count). The van der Waals surface area contributed by atoms with Crippen molar-refractivity contribution >= 4 is 5.65 Å². The van der Waals surface area contributed by atoms with Crippen LogP contribution in [-0.4, -0.2) is 39.4 Å². The molecule has 0 aliphatic heterocycles. The molecule has 148 valence electrons. The van der Waals surface area contributed by atoms with Gasteiger partial charge in [0.25, 0.3) is 0 Å². The van der Waals surface area contributed by atoms with Gasteiger partial charge in [-0.2, -0.15) is 0 Å². The molecular weight excluding hydrogens is 348 g/mol. The number of rotatable bonds is 8. The van der Waals surface area contributed by atoms with Gasteiger partial charge in [0, 0.05) is 25.5 Å². The van der Waals surface area contributed by atoms with E-state index in [-0.39, 0.29) is 0 Å². The lowest BCUT2D eigenvalue weighted by molar-refractivity contribution is 0.206. The molecule has 0 radical (unpaired) electrons. The Morgan fingerprint density at radius 3 is 3.11 bits per heavy atom. The van der Waals surface area contributed by atoms with Crippen molar-refractivity contribution < 1.29 is 0 Å². The number of imidazole rings is 1. The monoisotopic (exact) mass is 378 g/mol. The van der Waals surface area contributed by atoms with Crippen LogP contribution in [0.3, 0.4) is 0 Å². The van der Waals surface area contributed by atoms with Gasteiger partial charge < -0.3 is 15.5 Å². The quantitative estimate of drug-likeness (QED) is 0.590. The highest BCUT2D eigenvalue weighted by Gasteiger charge is 2.26. The number of fused-ring (bicyclic) bond motifs is 2. The fraction of sp³-hybridized carbons (Fsp3) is 0.455. The lowest BCUT2D eigenvalue weighted by atomic mass is 9.91. The molecule has 0 aromatic carbocycles. The van der Waals surface area contributed by atoms with Crippen LogP contribution in [-0.2, 0) is 19.5 Å². The number of hydrogen-bond donors (Lipinski definition) is 2. The molecule has 0 bridgehead atoms. The summed E-state index contributed by atoms with van der Waals surface area (Å²) in [6.07, 6.45) is 8.50. The summed E-state index contributed by atoms with van der Waals surface area (Å²) in [7, 11) is 2.20. The topological polar surface area (TPSA) is 71.5 Å². The van der Waals surface area contributed by atoms with Crippen molar-refractivity contribution in [2.24, 2.45) is 5.73 Å². The van der Waals surface area contributed by atoms with Crippen molar-refractivity contribution in [3.05, 3.63) is 65.4 Å². The van der Waals surface area contributed by atoms with Gasteiger partial charge in [-0.3, -0.25) is 9.88 Å². The third-order valence-electron chi connectivity index (χ3n) is 5.66. The van der Waals surface area contributed by atoms with Crippen LogP contribution < -0.4 is 11.1 Å². The van der Waals surface area contributed by atoms with Crippen LogP contribution in [0.5, 0.6) is 0 Å². The number of nitrogens with one attached hydrogen (secondary N) is 1. The summed E-state index contributed by atoms with van der Waals surface area (Å²) in [5.74, 6) is 0. The van der Waals surface area contributed by atoms with Crippen LogP contribution >= 0.6 is 0 Å². The second-order valence-electron chi connectivity index (χ2n) is 7.62. The van der Waals surface area contributed by atoms with Crippen molar-refractivity contribution in [3.63, 3.8) is 0 Å². The summed E-state index contributed by atoms with van der Waals surface area (Å²) >= 11 is 0. The van der Waals surface area contributed by atoms with Crippen molar-refractivity contribution in [1.82, 2.24) is 24.6 Å². The summed E-state index contributed by atoms with van der Waals surface area (Å²) in [5, 5.41) is 3.52. The molecule has 1 atom stereocenters. The van der Waals surface area contributed by atoms with Crippen molar-refractivity contribution in [2.45, 2.75) is 44.8 Å². The molecule has 0 saturated carbocycles. The molecule has 0 spiro atoms. The fourth-order valence-electron chi connectivity index (χ4n) is 4.20. The van der Waals surface area contributed by atoms with E-state index in [1.165, 1.54) is 23.4 Å². The van der Waals surface area contributed by atoms with Gasteiger partial charge in [-0.1, -0.05) is 12.1 Å². The van der Waals surface area contributed by atoms with E-state index in [1.807, 2.05) is 12.3 Å². The van der Waals surface area contributed by atoms with E-state index < -0.39 is 0 Å². The second-order valence-corrected chi connectivity index (χ2v) is 7.62. The van der Waals surface area contributed by atoms with E-state index in [0.29, 0.717) is 12.6 Å². The number of pyridine rings is 2. The average Bonchev–Trinajstić information content (AvgIpc) is 3.07. The molecule has 6 nitrogen and oxygen atoms in total. The van der Waals surface area contributed by atoms with Crippen LogP contribution in [0.2, 0.25) is 0 Å². The van der Waals surface area contributed by atoms with Crippen LogP contribution in [0.4, 0.5) is 0 Å². The average molecular weight is 379 g/mol. The molecule has 3 aromatic heterocycles. The molecule has 0 amide bonds. The van der Waals surface area contributed by atoms with Crippen molar-refractivity contribution in [1.29, 1.82) is 0 Å². The predicted octanol–water partition coefficient (Wildman–Crippen LogP) is 2.68. The van der Waals surface area contributed by atoms with Gasteiger partial charge in [-0.05, 0) is 69.6 Å². The molecule has 6 heteroatoms. The van der Waals surface area contributed by atoms with Gasteiger partial charge in [0.05, 0.1) is 23.1 Å². The number of aromatic nitrogens is 3. The molecular formula is C22H30N6. The highest BCUT2D eigenvalue weighted by Crippen LogP contribution is 2.33. The Morgan fingerprint density at radius 2 is 2.21 bits per heavy atom. The molecule has 1 unspecified atom stereocenters. The molecule has 0 saturated heterocycles. The maximum Gasteiger partial charge on any atom is 0.137 e. The van der Waals surface area contributed by atoms with Crippen LogP contribution in [0, 0.1) is 0 Å². The zero-order valence-corrected chi connectivity index (χ0v) is 16.6. The van der Waals surface area contributed by atoms with Crippen molar-refractivity contribution in [2.75, 3.05) is 20.1 Å². The number of nitrogens with zero attached hydrogens (tertiary/aromatic N) is 4. The molecule has 3 heterocycles. The minimum Gasteiger partial charge on any atom is -0.330 e. The Hall–Kier alpha value is -2.28. The Balaban J connectivity index is 1.57. The van der Waals surface area contributed by atoms with Gasteiger partial charge in [0.15, 0.2) is 0 Å². The first-order chi connectivity index (χ1) is 13.8. The van der Waals surface area contributed by atoms with Crippen LogP contribution in [0.25, 0.3) is 5.65 Å². The minimum atomic E-state index is 0.354. The van der Waals surface area contributed by atoms with Crippen LogP contribution in [0.15, 0.2) is 42.7 Å². The molecule has 1 aliphatic rings. The zero-order valence-electron chi connectivity index (χ0n) is 16.6. The van der Waals surface area contributed by atoms with Gasteiger partial charge in [0.1, 0.15) is 5.65 Å². The molecule has 3 aromatic rings. The second kappa shape index (κ2) is 8.82. The Morgan fingerprint density at radius 1 is 1.29 bits per heavy atom. The highest BCUT2D eigenvalue weighted by atomic mass is 15.2. The Labute approximate surface area is 166 Å². The van der Waals surface area contributed by atoms with E-state index in [1.54, 1.807) is 0 Å². The fourth-order valence-corrected chi connectivity index (χ4v) is 4.20. The summed E-state index contributed by atoms with van der Waals surface area (Å²) in [4.78, 5) is 12.1. The number of hydrogen-bond acceptors (Lipinski definition) is 5. The van der Waals surface area contributed by atoms with Gasteiger partial charge in [-0.15, -0.1) is 0 Å². The lowest BCUT2D eigenvalue weighted by Crippen LogP contribution is -2.29. The van der Waals surface area contributed by atoms with E-state index in [2.05, 4.69) is 52.1 Å². The lowest BCUT2D eigenvalue weighted by Gasteiger charge is -2.32. The summed E-state index contributed by atoms with van der Waals surface area (Å²) in [6.45, 7) is 3.25. The first kappa shape index (κ1) is 19.1. The normalized spacial score (nSPS) is 16.6. The smallest absolute Gasteiger partial charge is 0.137 e. The van der Waals surface area contributed by atoms with Gasteiger partial charge >= 0.3 is 0 Å². The highest BCUT2D eigenvalue weighted by molar-refractivity contribution is 5.43. The largest absolute Gasteiger partial charge is 0.330 e. The van der Waals surface area contributed by atoms with Gasteiger partial charge in [-0.25, -0.2) is 4.98 Å². The standard InChI is InChI=1S/C22H30N6/c1-27(19-9-4-7-17-8-5-13-25-22(17)19)16-18-20(15-24-12-6-11-23)28-14-3-2-10-21(28)26-18/h2-3,5,8,10,13-14,19,24H,4,6-7,9,11-12,15-16,23H2,1H3. The van der Waals surface area contributed by atoms with E-state index in [9.17, 15) is 0 Å². The minimum absolute atomic E-state index is 0.354. The maximum atomic E-state index is 5.63. The third kappa shape index (κ3) is 3.94. The molecule has 3 N–H and O–H groups in total. The van der Waals surface area contributed by atoms with E-state index >= 15 is 0 Å². The third-order valence-corrected chi connectivity index (χ3v) is 5.66. The summed E-state index contributed by atoms with van der Waals surface area (Å²) in [5.41, 5.74) is 11.6. The van der Waals surface area contributed by atoms with Crippen LogP contribution in [0.1, 0.15) is 47.9 Å². The van der Waals surface area contributed by atoms with E-state index in [0.717, 1.165) is 50.2 Å². The maximum absolute atomic E-state index is 5.63. The first-order valence-corrected chi connectivity index (χ1v) is 10.3. The predicted molar refractivity (Wildman–Crippen MR) is 112 cm³/mol. The summed E-state index contributed by atoms with van der Waals surface area (Å²) in [6, 6.07) is 10.8. The number of nitrogens with two attached hydrogens (primary N) is 1. The molecule has 28 heavy (non-hydrogen) atoms. The Kier molecular flexibility index (Phi) is 6.00. The zero-order chi connectivity index (χ0) is 19.3. The summed E-state index contributed by atoms with van der Waals surface area (Å²) < 4.78 is 2.20. The van der Waals surface area contributed by atoms with Crippen molar-refractivity contribution in [3.8, 4) is 0 Å².